The van der Waals surface area contributed by atoms with Crippen molar-refractivity contribution in [1.82, 2.24) is 9.99 Å². The summed E-state index contributed by atoms with van der Waals surface area (Å²) in [5.41, 5.74) is 8.56. The van der Waals surface area contributed by atoms with Gasteiger partial charge in [-0.1, -0.05) is 39.7 Å². The monoisotopic (exact) mass is 626 g/mol. The van der Waals surface area contributed by atoms with E-state index in [1.807, 2.05) is 64.1 Å². The highest BCUT2D eigenvalue weighted by Crippen LogP contribution is 2.27. The first kappa shape index (κ1) is 28.6. The maximum absolute atomic E-state index is 13.6. The van der Waals surface area contributed by atoms with Crippen molar-refractivity contribution in [2.24, 2.45) is 5.10 Å². The van der Waals surface area contributed by atoms with Crippen LogP contribution in [0, 0.1) is 27.7 Å². The Kier molecular flexibility index (Phi) is 8.64. The molecule has 4 aromatic rings. The number of sulfonamides is 1. The Bertz CT molecular complexity index is 1660. The molecule has 0 unspecified atom stereocenters. The first-order chi connectivity index (χ1) is 18.5. The lowest BCUT2D eigenvalue weighted by Crippen LogP contribution is -2.39. The molecule has 1 N–H and O–H groups in total. The summed E-state index contributed by atoms with van der Waals surface area (Å²) in [6.45, 7) is 7.33. The van der Waals surface area contributed by atoms with Crippen molar-refractivity contribution in [3.8, 4) is 5.69 Å². The van der Waals surface area contributed by atoms with E-state index in [0.717, 1.165) is 42.5 Å². The molecule has 10 heteroatoms. The lowest BCUT2D eigenvalue weighted by Gasteiger charge is -2.24. The zero-order chi connectivity index (χ0) is 28.3. The van der Waals surface area contributed by atoms with Gasteiger partial charge in [-0.05, 0) is 99.5 Å². The fourth-order valence-corrected chi connectivity index (χ4v) is 6.13. The molecule has 3 aromatic carbocycles. The van der Waals surface area contributed by atoms with Crippen molar-refractivity contribution in [2.45, 2.75) is 32.6 Å². The van der Waals surface area contributed by atoms with Gasteiger partial charge in [-0.3, -0.25) is 9.10 Å². The molecule has 0 fully saturated rings. The number of anilines is 1. The van der Waals surface area contributed by atoms with Gasteiger partial charge in [-0.15, -0.1) is 0 Å². The Morgan fingerprint density at radius 1 is 1.00 bits per heavy atom. The summed E-state index contributed by atoms with van der Waals surface area (Å²) in [7, 11) is -4.06. The van der Waals surface area contributed by atoms with Gasteiger partial charge in [-0.25, -0.2) is 13.8 Å². The number of hydrogen-bond donors (Lipinski definition) is 1. The van der Waals surface area contributed by atoms with E-state index in [9.17, 15) is 13.2 Å². The molecule has 1 aromatic heterocycles. The van der Waals surface area contributed by atoms with Crippen LogP contribution in [0.1, 0.15) is 28.1 Å². The first-order valence-electron chi connectivity index (χ1n) is 12.1. The van der Waals surface area contributed by atoms with Crippen molar-refractivity contribution < 1.29 is 13.2 Å². The van der Waals surface area contributed by atoms with Crippen LogP contribution in [-0.4, -0.2) is 31.7 Å². The number of hydrogen-bond acceptors (Lipinski definition) is 4. The van der Waals surface area contributed by atoms with E-state index in [4.69, 9.17) is 11.6 Å². The fourth-order valence-electron chi connectivity index (χ4n) is 4.20. The van der Waals surface area contributed by atoms with E-state index in [1.54, 1.807) is 18.3 Å². The van der Waals surface area contributed by atoms with Gasteiger partial charge in [0.25, 0.3) is 15.9 Å². The minimum atomic E-state index is -4.06. The van der Waals surface area contributed by atoms with Gasteiger partial charge >= 0.3 is 0 Å². The molecule has 39 heavy (non-hydrogen) atoms. The van der Waals surface area contributed by atoms with Crippen LogP contribution >= 0.6 is 27.5 Å². The zero-order valence-electron chi connectivity index (χ0n) is 21.9. The van der Waals surface area contributed by atoms with Crippen LogP contribution < -0.4 is 9.73 Å². The quantitative estimate of drug-likeness (QED) is 0.180. The number of benzene rings is 3. The summed E-state index contributed by atoms with van der Waals surface area (Å²) < 4.78 is 31.3. The van der Waals surface area contributed by atoms with E-state index in [2.05, 4.69) is 31.0 Å². The number of nitrogens with one attached hydrogen (secondary N) is 1. The van der Waals surface area contributed by atoms with Crippen LogP contribution in [0.2, 0.25) is 5.02 Å². The second kappa shape index (κ2) is 11.8. The van der Waals surface area contributed by atoms with Crippen LogP contribution in [-0.2, 0) is 14.8 Å². The predicted octanol–water partition coefficient (Wildman–Crippen LogP) is 6.47. The van der Waals surface area contributed by atoms with Crippen molar-refractivity contribution in [3.05, 3.63) is 110 Å². The van der Waals surface area contributed by atoms with Crippen LogP contribution in [0.25, 0.3) is 5.69 Å². The molecule has 0 saturated heterocycles. The van der Waals surface area contributed by atoms with Crippen LogP contribution in [0.15, 0.2) is 87.3 Å². The standard InChI is InChI=1S/C29H28BrClN4O3S/c1-19-8-11-26(14-20(19)2)34(39(37,38)28-12-9-25(31)10-13-28)18-29(36)33-32-17-23-15-21(3)35(22(23)4)27-7-5-6-24(30)16-27/h5-17H,18H2,1-4H3,(H,33,36)/b32-17-. The molecule has 202 valence electrons. The van der Waals surface area contributed by atoms with E-state index in [0.29, 0.717) is 10.7 Å². The summed E-state index contributed by atoms with van der Waals surface area (Å²) >= 11 is 9.47. The van der Waals surface area contributed by atoms with Crippen LogP contribution in [0.3, 0.4) is 0 Å². The minimum absolute atomic E-state index is 0.0291. The summed E-state index contributed by atoms with van der Waals surface area (Å²) in [4.78, 5) is 13.0. The number of aromatic nitrogens is 1. The number of nitrogens with zero attached hydrogens (tertiary/aromatic N) is 3. The molecule has 4 rings (SSSR count). The second-order valence-electron chi connectivity index (χ2n) is 9.17. The molecular formula is C29H28BrClN4O3S. The number of rotatable bonds is 8. The van der Waals surface area contributed by atoms with E-state index in [-0.39, 0.29) is 4.90 Å². The molecule has 0 radical (unpaired) electrons. The molecule has 7 nitrogen and oxygen atoms in total. The smallest absolute Gasteiger partial charge is 0.264 e. The Morgan fingerprint density at radius 3 is 2.38 bits per heavy atom. The van der Waals surface area contributed by atoms with Crippen molar-refractivity contribution >= 4 is 55.4 Å². The Morgan fingerprint density at radius 2 is 1.72 bits per heavy atom. The van der Waals surface area contributed by atoms with Gasteiger partial charge < -0.3 is 4.57 Å². The van der Waals surface area contributed by atoms with Crippen molar-refractivity contribution in [1.29, 1.82) is 0 Å². The number of aryl methyl sites for hydroxylation is 3. The van der Waals surface area contributed by atoms with E-state index < -0.39 is 22.5 Å². The Labute approximate surface area is 242 Å². The molecule has 1 amide bonds. The van der Waals surface area contributed by atoms with E-state index >= 15 is 0 Å². The maximum Gasteiger partial charge on any atom is 0.264 e. The van der Waals surface area contributed by atoms with Crippen molar-refractivity contribution in [3.63, 3.8) is 0 Å². The lowest BCUT2D eigenvalue weighted by molar-refractivity contribution is -0.119. The number of carbonyl (C=O) groups is 1. The molecule has 0 spiro atoms. The van der Waals surface area contributed by atoms with Gasteiger partial charge in [-0.2, -0.15) is 5.10 Å². The largest absolute Gasteiger partial charge is 0.318 e. The molecular weight excluding hydrogens is 600 g/mol. The minimum Gasteiger partial charge on any atom is -0.318 e. The number of hydrazone groups is 1. The summed E-state index contributed by atoms with van der Waals surface area (Å²) in [6, 6.07) is 21.0. The highest BCUT2D eigenvalue weighted by atomic mass is 79.9. The maximum atomic E-state index is 13.6. The summed E-state index contributed by atoms with van der Waals surface area (Å²) in [6.07, 6.45) is 1.56. The van der Waals surface area contributed by atoms with Gasteiger partial charge in [0, 0.05) is 32.1 Å². The average molecular weight is 628 g/mol. The van der Waals surface area contributed by atoms with Crippen molar-refractivity contribution in [2.75, 3.05) is 10.8 Å². The lowest BCUT2D eigenvalue weighted by atomic mass is 10.1. The summed E-state index contributed by atoms with van der Waals surface area (Å²) in [5.74, 6) is -0.581. The second-order valence-corrected chi connectivity index (χ2v) is 12.4. The third kappa shape index (κ3) is 6.43. The van der Waals surface area contributed by atoms with Gasteiger partial charge in [0.05, 0.1) is 16.8 Å². The summed E-state index contributed by atoms with van der Waals surface area (Å²) in [5, 5.41) is 4.54. The number of halogens is 2. The first-order valence-corrected chi connectivity index (χ1v) is 14.7. The third-order valence-corrected chi connectivity index (χ3v) is 8.93. The van der Waals surface area contributed by atoms with Gasteiger partial charge in [0.1, 0.15) is 6.54 Å². The average Bonchev–Trinajstić information content (AvgIpc) is 3.17. The number of amides is 1. The van der Waals surface area contributed by atoms with Gasteiger partial charge in [0.2, 0.25) is 0 Å². The Hall–Kier alpha value is -3.40. The third-order valence-electron chi connectivity index (χ3n) is 6.40. The molecule has 0 saturated carbocycles. The van der Waals surface area contributed by atoms with Crippen LogP contribution in [0.4, 0.5) is 5.69 Å². The zero-order valence-corrected chi connectivity index (χ0v) is 25.1. The SMILES string of the molecule is Cc1ccc(N(CC(=O)N/N=C\c2cc(C)n(-c3cccc(Br)c3)c2C)S(=O)(=O)c2ccc(Cl)cc2)cc1C. The van der Waals surface area contributed by atoms with Gasteiger partial charge in [0.15, 0.2) is 0 Å². The fraction of sp³-hybridized carbons (Fsp3) is 0.172. The highest BCUT2D eigenvalue weighted by molar-refractivity contribution is 9.10. The normalized spacial score (nSPS) is 11.6. The molecule has 0 aliphatic carbocycles. The van der Waals surface area contributed by atoms with E-state index in [1.165, 1.54) is 24.3 Å². The molecule has 0 atom stereocenters. The Balaban J connectivity index is 1.57. The molecule has 0 aliphatic heterocycles. The highest BCUT2D eigenvalue weighted by Gasteiger charge is 2.27. The molecule has 1 heterocycles. The topological polar surface area (TPSA) is 83.8 Å². The predicted molar refractivity (Wildman–Crippen MR) is 161 cm³/mol. The van der Waals surface area contributed by atoms with Crippen LogP contribution in [0.5, 0.6) is 0 Å². The number of carbonyl (C=O) groups excluding carboxylic acids is 1. The molecule has 0 bridgehead atoms. The molecule has 0 aliphatic rings.